The monoisotopic (exact) mass is 444 g/mol. The first-order chi connectivity index (χ1) is 15.2. The Morgan fingerprint density at radius 1 is 1.25 bits per heavy atom. The van der Waals surface area contributed by atoms with Crippen LogP contribution < -0.4 is 15.4 Å². The van der Waals surface area contributed by atoms with Crippen LogP contribution in [0.3, 0.4) is 0 Å². The maximum absolute atomic E-state index is 13.1. The molecule has 1 aromatic carbocycles. The van der Waals surface area contributed by atoms with Crippen molar-refractivity contribution in [1.29, 1.82) is 5.41 Å². The molecule has 1 saturated carbocycles. The molecule has 2 atom stereocenters. The zero-order valence-corrected chi connectivity index (χ0v) is 18.7. The largest absolute Gasteiger partial charge is 0.488 e. The standard InChI is InChI=1S/C23H30F2N6O/c1-14-12-30(8-9-31(14)15(2)22(24)25)20-11-19(28-13-29-20)21(27)17-10-16(4-5-18(17)26)32-23(3)6-7-23/h4-5,10-11,13-15,22,27H,6-9,12,26H2,1-3H3. The van der Waals surface area contributed by atoms with Gasteiger partial charge in [-0.25, -0.2) is 18.7 Å². The van der Waals surface area contributed by atoms with Gasteiger partial charge >= 0.3 is 0 Å². The van der Waals surface area contributed by atoms with Gasteiger partial charge in [-0.3, -0.25) is 10.3 Å². The molecule has 0 spiro atoms. The van der Waals surface area contributed by atoms with Crippen molar-refractivity contribution in [1.82, 2.24) is 14.9 Å². The smallest absolute Gasteiger partial charge is 0.253 e. The molecule has 1 aliphatic carbocycles. The molecule has 0 bridgehead atoms. The fourth-order valence-corrected chi connectivity index (χ4v) is 4.10. The molecule has 7 nitrogen and oxygen atoms in total. The predicted molar refractivity (Wildman–Crippen MR) is 121 cm³/mol. The van der Waals surface area contributed by atoms with Crippen molar-refractivity contribution in [2.24, 2.45) is 0 Å². The van der Waals surface area contributed by atoms with Gasteiger partial charge in [0.05, 0.1) is 17.4 Å². The van der Waals surface area contributed by atoms with Gasteiger partial charge < -0.3 is 15.4 Å². The van der Waals surface area contributed by atoms with E-state index in [0.29, 0.717) is 48.1 Å². The van der Waals surface area contributed by atoms with Crippen molar-refractivity contribution in [2.75, 3.05) is 30.3 Å². The van der Waals surface area contributed by atoms with Crippen LogP contribution in [-0.2, 0) is 0 Å². The number of aromatic nitrogens is 2. The molecule has 2 fully saturated rings. The maximum atomic E-state index is 13.1. The molecule has 32 heavy (non-hydrogen) atoms. The number of anilines is 2. The van der Waals surface area contributed by atoms with Gasteiger partial charge in [0, 0.05) is 43.0 Å². The van der Waals surface area contributed by atoms with E-state index >= 15 is 0 Å². The third-order valence-corrected chi connectivity index (χ3v) is 6.41. The van der Waals surface area contributed by atoms with Gasteiger partial charge in [-0.2, -0.15) is 0 Å². The van der Waals surface area contributed by atoms with Crippen LogP contribution in [0.25, 0.3) is 0 Å². The topological polar surface area (TPSA) is 91.4 Å². The van der Waals surface area contributed by atoms with Crippen LogP contribution in [0.5, 0.6) is 5.75 Å². The molecule has 9 heteroatoms. The molecule has 4 rings (SSSR count). The minimum absolute atomic E-state index is 0.0427. The van der Waals surface area contributed by atoms with Crippen molar-refractivity contribution in [3.05, 3.63) is 41.9 Å². The van der Waals surface area contributed by atoms with Gasteiger partial charge in [0.1, 0.15) is 23.5 Å². The summed E-state index contributed by atoms with van der Waals surface area (Å²) in [5.74, 6) is 1.36. The Labute approximate surface area is 187 Å². The summed E-state index contributed by atoms with van der Waals surface area (Å²) in [6.45, 7) is 7.25. The Kier molecular flexibility index (Phi) is 6.03. The lowest BCUT2D eigenvalue weighted by Gasteiger charge is -2.43. The van der Waals surface area contributed by atoms with E-state index in [1.807, 2.05) is 17.9 Å². The molecule has 2 heterocycles. The Bertz CT molecular complexity index is 996. The summed E-state index contributed by atoms with van der Waals surface area (Å²) < 4.78 is 32.3. The number of nitrogen functional groups attached to an aromatic ring is 1. The average Bonchev–Trinajstić information content (AvgIpc) is 3.50. The fourth-order valence-electron chi connectivity index (χ4n) is 4.10. The summed E-state index contributed by atoms with van der Waals surface area (Å²) >= 11 is 0. The van der Waals surface area contributed by atoms with Crippen molar-refractivity contribution in [2.45, 2.75) is 57.7 Å². The molecule has 2 aliphatic rings. The average molecular weight is 445 g/mol. The number of nitrogens with zero attached hydrogens (tertiary/aromatic N) is 4. The normalized spacial score (nSPS) is 21.4. The van der Waals surface area contributed by atoms with E-state index in [4.69, 9.17) is 15.9 Å². The van der Waals surface area contributed by atoms with E-state index in [-0.39, 0.29) is 17.4 Å². The molecule has 1 aromatic heterocycles. The number of nitrogens with two attached hydrogens (primary N) is 1. The van der Waals surface area contributed by atoms with Crippen molar-refractivity contribution >= 4 is 17.2 Å². The summed E-state index contributed by atoms with van der Waals surface area (Å²) in [6, 6.07) is 6.29. The van der Waals surface area contributed by atoms with Crippen LogP contribution in [0.4, 0.5) is 20.3 Å². The van der Waals surface area contributed by atoms with E-state index in [2.05, 4.69) is 21.8 Å². The first-order valence-electron chi connectivity index (χ1n) is 11.0. The number of ether oxygens (including phenoxy) is 1. The highest BCUT2D eigenvalue weighted by molar-refractivity contribution is 6.13. The number of piperazine rings is 1. The number of alkyl halides is 2. The summed E-state index contributed by atoms with van der Waals surface area (Å²) in [6.07, 6.45) is 1.09. The number of rotatable bonds is 7. The molecular weight excluding hydrogens is 414 g/mol. The van der Waals surface area contributed by atoms with Crippen LogP contribution in [0, 0.1) is 5.41 Å². The Balaban J connectivity index is 1.51. The second-order valence-electron chi connectivity index (χ2n) is 9.05. The predicted octanol–water partition coefficient (Wildman–Crippen LogP) is 3.57. The number of hydrogen-bond donors (Lipinski definition) is 2. The van der Waals surface area contributed by atoms with E-state index in [1.54, 1.807) is 25.1 Å². The van der Waals surface area contributed by atoms with Crippen LogP contribution in [0.2, 0.25) is 0 Å². The molecular formula is C23H30F2N6O. The fraction of sp³-hybridized carbons (Fsp3) is 0.522. The van der Waals surface area contributed by atoms with E-state index in [1.165, 1.54) is 6.33 Å². The Hall–Kier alpha value is -2.81. The van der Waals surface area contributed by atoms with Crippen molar-refractivity contribution in [3.8, 4) is 5.75 Å². The van der Waals surface area contributed by atoms with Gasteiger partial charge in [-0.05, 0) is 51.8 Å². The highest BCUT2D eigenvalue weighted by Gasteiger charge is 2.40. The van der Waals surface area contributed by atoms with E-state index in [9.17, 15) is 8.78 Å². The second-order valence-corrected chi connectivity index (χ2v) is 9.05. The molecule has 1 saturated heterocycles. The zero-order valence-electron chi connectivity index (χ0n) is 18.7. The molecule has 1 aliphatic heterocycles. The second kappa shape index (κ2) is 8.61. The van der Waals surface area contributed by atoms with E-state index in [0.717, 1.165) is 12.8 Å². The van der Waals surface area contributed by atoms with Crippen LogP contribution >= 0.6 is 0 Å². The maximum Gasteiger partial charge on any atom is 0.253 e. The summed E-state index contributed by atoms with van der Waals surface area (Å²) in [5.41, 5.74) is 7.71. The van der Waals surface area contributed by atoms with Gasteiger partial charge in [-0.1, -0.05) is 0 Å². The number of benzene rings is 1. The quantitative estimate of drug-likeness (QED) is 0.501. The SMILES string of the molecule is CC1CN(c2cc(C(=N)c3cc(OC4(C)CC4)ccc3N)ncn2)CCN1C(C)C(F)F. The minimum Gasteiger partial charge on any atom is -0.488 e. The summed E-state index contributed by atoms with van der Waals surface area (Å²) in [4.78, 5) is 12.5. The van der Waals surface area contributed by atoms with Crippen LogP contribution in [0.1, 0.15) is 44.9 Å². The summed E-state index contributed by atoms with van der Waals surface area (Å²) in [5, 5.41) is 8.70. The minimum atomic E-state index is -2.37. The number of hydrogen-bond acceptors (Lipinski definition) is 7. The van der Waals surface area contributed by atoms with Gasteiger partial charge in [0.2, 0.25) is 0 Å². The Morgan fingerprint density at radius 3 is 2.66 bits per heavy atom. The lowest BCUT2D eigenvalue weighted by Crippen LogP contribution is -2.56. The highest BCUT2D eigenvalue weighted by atomic mass is 19.3. The lowest BCUT2D eigenvalue weighted by molar-refractivity contribution is 0.0112. The zero-order chi connectivity index (χ0) is 23.0. The third kappa shape index (κ3) is 4.67. The third-order valence-electron chi connectivity index (χ3n) is 6.41. The summed E-state index contributed by atoms with van der Waals surface area (Å²) in [7, 11) is 0. The molecule has 2 aromatic rings. The molecule has 3 N–H and O–H groups in total. The van der Waals surface area contributed by atoms with Gasteiger partial charge in [0.25, 0.3) is 6.43 Å². The van der Waals surface area contributed by atoms with Crippen molar-refractivity contribution < 1.29 is 13.5 Å². The lowest BCUT2D eigenvalue weighted by atomic mass is 10.0. The first-order valence-corrected chi connectivity index (χ1v) is 11.0. The van der Waals surface area contributed by atoms with Crippen LogP contribution in [-0.4, -0.2) is 64.3 Å². The van der Waals surface area contributed by atoms with E-state index < -0.39 is 12.5 Å². The number of halogens is 2. The molecule has 0 radical (unpaired) electrons. The number of nitrogens with one attached hydrogen (secondary N) is 1. The molecule has 2 unspecified atom stereocenters. The highest BCUT2D eigenvalue weighted by Crippen LogP contribution is 2.40. The Morgan fingerprint density at radius 2 is 2.00 bits per heavy atom. The molecule has 0 amide bonds. The van der Waals surface area contributed by atoms with Gasteiger partial charge in [0.15, 0.2) is 0 Å². The molecule has 172 valence electrons. The first kappa shape index (κ1) is 22.4. The van der Waals surface area contributed by atoms with Gasteiger partial charge in [-0.15, -0.1) is 0 Å². The van der Waals surface area contributed by atoms with Crippen LogP contribution in [0.15, 0.2) is 30.6 Å². The van der Waals surface area contributed by atoms with Crippen molar-refractivity contribution in [3.63, 3.8) is 0 Å².